The molecule has 1 aromatic carbocycles. The van der Waals surface area contributed by atoms with Gasteiger partial charge in [0.25, 0.3) is 0 Å². The lowest BCUT2D eigenvalue weighted by Gasteiger charge is -2.26. The second-order valence-electron chi connectivity index (χ2n) is 5.18. The van der Waals surface area contributed by atoms with Gasteiger partial charge >= 0.3 is 0 Å². The number of methoxy groups -OCH3 is 1. The minimum Gasteiger partial charge on any atom is -0.496 e. The molecule has 112 valence electrons. The van der Waals surface area contributed by atoms with E-state index in [2.05, 4.69) is 35.1 Å². The van der Waals surface area contributed by atoms with Crippen LogP contribution in [0.5, 0.6) is 5.75 Å². The fraction of sp³-hybridized carbons (Fsp3) is 0.600. The zero-order valence-corrected chi connectivity index (χ0v) is 13.7. The minimum atomic E-state index is -0.308. The summed E-state index contributed by atoms with van der Waals surface area (Å²) in [5.74, 6) is 0.643. The zero-order chi connectivity index (χ0) is 14.7. The van der Waals surface area contributed by atoms with Crippen LogP contribution in [-0.4, -0.2) is 26.4 Å². The first-order valence-corrected chi connectivity index (χ1v) is 7.74. The Labute approximate surface area is 128 Å². The molecule has 1 aliphatic rings. The molecule has 0 aliphatic carbocycles. The van der Waals surface area contributed by atoms with Crippen molar-refractivity contribution in [3.05, 3.63) is 28.0 Å². The Hall–Kier alpha value is -0.650. The average Bonchev–Trinajstić information content (AvgIpc) is 2.85. The van der Waals surface area contributed by atoms with Gasteiger partial charge in [-0.05, 0) is 41.9 Å². The summed E-state index contributed by atoms with van der Waals surface area (Å²) in [5.41, 5.74) is 0.977. The third kappa shape index (κ3) is 3.32. The summed E-state index contributed by atoms with van der Waals surface area (Å²) in [6.07, 6.45) is 1.27. The van der Waals surface area contributed by atoms with E-state index in [9.17, 15) is 4.39 Å². The van der Waals surface area contributed by atoms with Gasteiger partial charge in [-0.3, -0.25) is 0 Å². The minimum absolute atomic E-state index is 0.108. The standard InChI is InChI=1S/C15H21BrFNO2/c1-4-18-15(10-5-9(2)20-8-10)11-6-12(16)13(17)7-14(11)19-3/h6-7,9-10,15,18H,4-5,8H2,1-3H3. The highest BCUT2D eigenvalue weighted by atomic mass is 79.9. The van der Waals surface area contributed by atoms with Crippen molar-refractivity contribution in [2.24, 2.45) is 5.92 Å². The van der Waals surface area contributed by atoms with E-state index in [0.717, 1.165) is 25.1 Å². The third-order valence-corrected chi connectivity index (χ3v) is 4.34. The Balaban J connectivity index is 2.35. The van der Waals surface area contributed by atoms with Crippen molar-refractivity contribution in [3.8, 4) is 5.75 Å². The fourth-order valence-corrected chi connectivity index (χ4v) is 3.16. The molecule has 0 radical (unpaired) electrons. The maximum Gasteiger partial charge on any atom is 0.141 e. The van der Waals surface area contributed by atoms with Crippen LogP contribution in [0.2, 0.25) is 0 Å². The molecule has 1 heterocycles. The summed E-state index contributed by atoms with van der Waals surface area (Å²) in [7, 11) is 1.57. The number of ether oxygens (including phenoxy) is 2. The molecule has 0 bridgehead atoms. The first-order valence-electron chi connectivity index (χ1n) is 6.94. The van der Waals surface area contributed by atoms with Gasteiger partial charge in [0.2, 0.25) is 0 Å². The summed E-state index contributed by atoms with van der Waals surface area (Å²) in [6.45, 7) is 5.71. The van der Waals surface area contributed by atoms with Crippen LogP contribution in [0.25, 0.3) is 0 Å². The molecule has 3 unspecified atom stereocenters. The lowest BCUT2D eigenvalue weighted by Crippen LogP contribution is -2.29. The predicted octanol–water partition coefficient (Wildman–Crippen LogP) is 3.67. The number of nitrogens with one attached hydrogen (secondary N) is 1. The van der Waals surface area contributed by atoms with E-state index < -0.39 is 0 Å². The molecular weight excluding hydrogens is 325 g/mol. The first-order chi connectivity index (χ1) is 9.56. The summed E-state index contributed by atoms with van der Waals surface area (Å²) in [4.78, 5) is 0. The molecule has 0 spiro atoms. The molecule has 5 heteroatoms. The van der Waals surface area contributed by atoms with Crippen molar-refractivity contribution in [1.29, 1.82) is 0 Å². The van der Waals surface area contributed by atoms with E-state index in [1.807, 2.05) is 6.07 Å². The second-order valence-corrected chi connectivity index (χ2v) is 6.04. The van der Waals surface area contributed by atoms with Gasteiger partial charge in [0.1, 0.15) is 11.6 Å². The highest BCUT2D eigenvalue weighted by Gasteiger charge is 2.32. The highest BCUT2D eigenvalue weighted by Crippen LogP contribution is 2.38. The van der Waals surface area contributed by atoms with E-state index >= 15 is 0 Å². The molecule has 0 aromatic heterocycles. The lowest BCUT2D eigenvalue weighted by molar-refractivity contribution is 0.117. The van der Waals surface area contributed by atoms with Crippen LogP contribution < -0.4 is 10.1 Å². The highest BCUT2D eigenvalue weighted by molar-refractivity contribution is 9.10. The fourth-order valence-electron chi connectivity index (χ4n) is 2.80. The molecule has 1 aliphatic heterocycles. The maximum absolute atomic E-state index is 13.7. The SMILES string of the molecule is CCNC(c1cc(Br)c(F)cc1OC)C1COC(C)C1. The normalized spacial score (nSPS) is 23.9. The van der Waals surface area contributed by atoms with Crippen LogP contribution in [0.15, 0.2) is 16.6 Å². The van der Waals surface area contributed by atoms with Crippen molar-refractivity contribution >= 4 is 15.9 Å². The van der Waals surface area contributed by atoms with Gasteiger partial charge in [0.15, 0.2) is 0 Å². The van der Waals surface area contributed by atoms with Crippen LogP contribution in [0.3, 0.4) is 0 Å². The van der Waals surface area contributed by atoms with E-state index in [-0.39, 0.29) is 18.0 Å². The van der Waals surface area contributed by atoms with Crippen LogP contribution in [0, 0.1) is 11.7 Å². The van der Waals surface area contributed by atoms with E-state index in [4.69, 9.17) is 9.47 Å². The van der Waals surface area contributed by atoms with E-state index in [1.54, 1.807) is 7.11 Å². The summed E-state index contributed by atoms with van der Waals surface area (Å²) in [6, 6.07) is 3.35. The lowest BCUT2D eigenvalue weighted by atomic mass is 9.90. The summed E-state index contributed by atoms with van der Waals surface area (Å²) >= 11 is 3.26. The predicted molar refractivity (Wildman–Crippen MR) is 80.6 cm³/mol. The molecule has 20 heavy (non-hydrogen) atoms. The maximum atomic E-state index is 13.7. The van der Waals surface area contributed by atoms with Gasteiger partial charge in [-0.1, -0.05) is 6.92 Å². The number of hydrogen-bond acceptors (Lipinski definition) is 3. The van der Waals surface area contributed by atoms with Crippen molar-refractivity contribution in [3.63, 3.8) is 0 Å². The van der Waals surface area contributed by atoms with Gasteiger partial charge in [0.05, 0.1) is 24.3 Å². The Morgan fingerprint density at radius 1 is 1.55 bits per heavy atom. The number of benzene rings is 1. The quantitative estimate of drug-likeness (QED) is 0.882. The first kappa shape index (κ1) is 15.7. The Kier molecular flexibility index (Phi) is 5.41. The average molecular weight is 346 g/mol. The van der Waals surface area contributed by atoms with Crippen molar-refractivity contribution in [1.82, 2.24) is 5.32 Å². The van der Waals surface area contributed by atoms with Crippen LogP contribution >= 0.6 is 15.9 Å². The molecule has 1 fully saturated rings. The third-order valence-electron chi connectivity index (χ3n) is 3.73. The smallest absolute Gasteiger partial charge is 0.141 e. The molecule has 2 rings (SSSR count). The van der Waals surface area contributed by atoms with Crippen molar-refractivity contribution in [2.75, 3.05) is 20.3 Å². The molecule has 3 nitrogen and oxygen atoms in total. The van der Waals surface area contributed by atoms with Gasteiger partial charge in [-0.2, -0.15) is 0 Å². The molecule has 1 aromatic rings. The molecular formula is C15H21BrFNO2. The number of hydrogen-bond donors (Lipinski definition) is 1. The number of rotatable bonds is 5. The summed E-state index contributed by atoms with van der Waals surface area (Å²) < 4.78 is 25.2. The monoisotopic (exact) mass is 345 g/mol. The topological polar surface area (TPSA) is 30.5 Å². The summed E-state index contributed by atoms with van der Waals surface area (Å²) in [5, 5.41) is 3.48. The number of halogens is 2. The Morgan fingerprint density at radius 2 is 2.30 bits per heavy atom. The van der Waals surface area contributed by atoms with Crippen molar-refractivity contribution < 1.29 is 13.9 Å². The molecule has 1 N–H and O–H groups in total. The van der Waals surface area contributed by atoms with E-state index in [1.165, 1.54) is 6.07 Å². The van der Waals surface area contributed by atoms with Crippen LogP contribution in [0.1, 0.15) is 31.9 Å². The Morgan fingerprint density at radius 3 is 2.85 bits per heavy atom. The van der Waals surface area contributed by atoms with Crippen LogP contribution in [-0.2, 0) is 4.74 Å². The van der Waals surface area contributed by atoms with Gasteiger partial charge in [-0.15, -0.1) is 0 Å². The van der Waals surface area contributed by atoms with Crippen molar-refractivity contribution in [2.45, 2.75) is 32.4 Å². The molecule has 0 saturated carbocycles. The van der Waals surface area contributed by atoms with Crippen LogP contribution in [0.4, 0.5) is 4.39 Å². The zero-order valence-electron chi connectivity index (χ0n) is 12.1. The van der Waals surface area contributed by atoms with Gasteiger partial charge in [-0.25, -0.2) is 4.39 Å². The molecule has 1 saturated heterocycles. The largest absolute Gasteiger partial charge is 0.496 e. The van der Waals surface area contributed by atoms with E-state index in [0.29, 0.717) is 16.1 Å². The van der Waals surface area contributed by atoms with Gasteiger partial charge in [0, 0.05) is 23.6 Å². The van der Waals surface area contributed by atoms with Gasteiger partial charge < -0.3 is 14.8 Å². The second kappa shape index (κ2) is 6.87. The molecule has 0 amide bonds. The Bertz CT molecular complexity index is 469. The molecule has 3 atom stereocenters.